The van der Waals surface area contributed by atoms with Gasteiger partial charge in [-0.05, 0) is 49.1 Å². The van der Waals surface area contributed by atoms with Crippen molar-refractivity contribution >= 4 is 18.3 Å². The summed E-state index contributed by atoms with van der Waals surface area (Å²) in [5.41, 5.74) is 4.98. The van der Waals surface area contributed by atoms with Gasteiger partial charge in [-0.2, -0.15) is 0 Å². The maximum Gasteiger partial charge on any atom is 0.326 e. The van der Waals surface area contributed by atoms with Crippen molar-refractivity contribution in [1.82, 2.24) is 4.90 Å². The van der Waals surface area contributed by atoms with Crippen molar-refractivity contribution in [3.8, 4) is 11.5 Å². The van der Waals surface area contributed by atoms with E-state index in [2.05, 4.69) is 5.73 Å². The third-order valence-electron chi connectivity index (χ3n) is 4.78. The molecule has 1 saturated heterocycles. The van der Waals surface area contributed by atoms with Crippen LogP contribution in [-0.4, -0.2) is 40.4 Å². The van der Waals surface area contributed by atoms with Crippen molar-refractivity contribution in [2.24, 2.45) is 5.73 Å². The predicted molar refractivity (Wildman–Crippen MR) is 108 cm³/mol. The summed E-state index contributed by atoms with van der Waals surface area (Å²) in [5, 5.41) is 9.41. The van der Waals surface area contributed by atoms with E-state index in [4.69, 9.17) is 9.53 Å². The third-order valence-corrected chi connectivity index (χ3v) is 4.78. The Bertz CT molecular complexity index is 825. The van der Waals surface area contributed by atoms with Crippen LogP contribution in [0.4, 0.5) is 0 Å². The molecular weight excluding hydrogens is 372 g/mol. The number of ether oxygens (including phenoxy) is 1. The van der Waals surface area contributed by atoms with Crippen molar-refractivity contribution in [3.63, 3.8) is 0 Å². The predicted octanol–water partition coefficient (Wildman–Crippen LogP) is 2.98. The lowest BCUT2D eigenvalue weighted by Gasteiger charge is -2.27. The summed E-state index contributed by atoms with van der Waals surface area (Å²) in [6, 6.07) is 16.1. The van der Waals surface area contributed by atoms with Crippen molar-refractivity contribution in [2.75, 3.05) is 0 Å². The number of amides is 2. The monoisotopic (exact) mass is 398 g/mol. The zero-order valence-corrected chi connectivity index (χ0v) is 16.4. The second-order valence-electron chi connectivity index (χ2n) is 6.67. The summed E-state index contributed by atoms with van der Waals surface area (Å²) in [5.74, 6) is 0.325. The Morgan fingerprint density at radius 3 is 2.41 bits per heavy atom. The summed E-state index contributed by atoms with van der Waals surface area (Å²) in [6.07, 6.45) is 2.46. The highest BCUT2D eigenvalue weighted by atomic mass is 16.5. The van der Waals surface area contributed by atoms with E-state index in [1.165, 1.54) is 0 Å². The van der Waals surface area contributed by atoms with Gasteiger partial charge in [0.2, 0.25) is 12.3 Å². The van der Waals surface area contributed by atoms with E-state index in [0.717, 1.165) is 24.2 Å². The van der Waals surface area contributed by atoms with Gasteiger partial charge in [-0.3, -0.25) is 9.59 Å². The van der Waals surface area contributed by atoms with Crippen LogP contribution in [0, 0.1) is 0 Å². The minimum Gasteiger partial charge on any atom is -0.480 e. The number of carboxylic acids is 1. The second kappa shape index (κ2) is 10.8. The molecule has 0 saturated carbocycles. The van der Waals surface area contributed by atoms with Crippen LogP contribution in [-0.2, 0) is 20.8 Å². The molecule has 7 nitrogen and oxygen atoms in total. The van der Waals surface area contributed by atoms with E-state index >= 15 is 0 Å². The fourth-order valence-electron chi connectivity index (χ4n) is 3.51. The molecule has 3 N–H and O–H groups in total. The summed E-state index contributed by atoms with van der Waals surface area (Å²) < 4.78 is 5.81. The molecule has 0 aromatic heterocycles. The molecule has 2 aromatic carbocycles. The van der Waals surface area contributed by atoms with Gasteiger partial charge < -0.3 is 20.5 Å². The SMILES string of the molecule is CCC1CCC(C(=O)O)N1C(=O)Cc1cccc(Oc2ccccc2)c1.NC=O. The molecule has 0 aliphatic carbocycles. The summed E-state index contributed by atoms with van der Waals surface area (Å²) >= 11 is 0. The smallest absolute Gasteiger partial charge is 0.326 e. The van der Waals surface area contributed by atoms with Crippen LogP contribution in [0.5, 0.6) is 11.5 Å². The first-order valence-electron chi connectivity index (χ1n) is 9.51. The van der Waals surface area contributed by atoms with Crippen LogP contribution < -0.4 is 10.5 Å². The number of hydrogen-bond acceptors (Lipinski definition) is 4. The highest BCUT2D eigenvalue weighted by Crippen LogP contribution is 2.28. The first kappa shape index (κ1) is 21.9. The van der Waals surface area contributed by atoms with Crippen molar-refractivity contribution in [3.05, 3.63) is 60.2 Å². The zero-order valence-electron chi connectivity index (χ0n) is 16.4. The molecule has 1 fully saturated rings. The Morgan fingerprint density at radius 2 is 1.79 bits per heavy atom. The molecule has 154 valence electrons. The molecule has 2 unspecified atom stereocenters. The minimum absolute atomic E-state index is 0.00681. The Hall–Kier alpha value is -3.35. The average Bonchev–Trinajstić information content (AvgIpc) is 3.14. The van der Waals surface area contributed by atoms with E-state index < -0.39 is 12.0 Å². The highest BCUT2D eigenvalue weighted by molar-refractivity contribution is 5.86. The third kappa shape index (κ3) is 6.07. The number of nitrogens with zero attached hydrogens (tertiary/aromatic N) is 1. The molecule has 2 amide bonds. The Labute approximate surface area is 170 Å². The summed E-state index contributed by atoms with van der Waals surface area (Å²) in [6.45, 7) is 1.99. The molecule has 1 aliphatic rings. The van der Waals surface area contributed by atoms with Crippen molar-refractivity contribution in [1.29, 1.82) is 0 Å². The van der Waals surface area contributed by atoms with Crippen molar-refractivity contribution < 1.29 is 24.2 Å². The number of carboxylic acid groups (broad SMARTS) is 1. The number of para-hydroxylation sites is 1. The van der Waals surface area contributed by atoms with Gasteiger partial charge in [-0.1, -0.05) is 37.3 Å². The van der Waals surface area contributed by atoms with E-state index in [0.29, 0.717) is 12.2 Å². The van der Waals surface area contributed by atoms with Crippen LogP contribution in [0.1, 0.15) is 31.7 Å². The molecule has 2 aromatic rings. The Kier molecular flexibility index (Phi) is 8.21. The molecular formula is C22H26N2O5. The molecule has 1 heterocycles. The Morgan fingerprint density at radius 1 is 1.14 bits per heavy atom. The van der Waals surface area contributed by atoms with E-state index in [1.807, 2.05) is 61.5 Å². The van der Waals surface area contributed by atoms with Crippen LogP contribution in [0.25, 0.3) is 0 Å². The fourth-order valence-corrected chi connectivity index (χ4v) is 3.51. The van der Waals surface area contributed by atoms with Crippen LogP contribution in [0.15, 0.2) is 54.6 Å². The molecule has 0 spiro atoms. The molecule has 0 radical (unpaired) electrons. The lowest BCUT2D eigenvalue weighted by atomic mass is 10.1. The zero-order chi connectivity index (χ0) is 21.2. The molecule has 2 atom stereocenters. The van der Waals surface area contributed by atoms with Gasteiger partial charge in [0.1, 0.15) is 17.5 Å². The van der Waals surface area contributed by atoms with Gasteiger partial charge >= 0.3 is 5.97 Å². The summed E-state index contributed by atoms with van der Waals surface area (Å²) in [4.78, 5) is 34.4. The number of aliphatic carboxylic acids is 1. The highest BCUT2D eigenvalue weighted by Gasteiger charge is 2.39. The topological polar surface area (TPSA) is 110 Å². The standard InChI is InChI=1S/C21H23NO4.CH3NO/c1-2-16-11-12-19(21(24)25)22(16)20(23)14-15-7-6-10-18(13-15)26-17-8-4-3-5-9-17;2-1-3/h3-10,13,16,19H,2,11-12,14H2,1H3,(H,24,25);1H,(H2,2,3). The van der Waals surface area contributed by atoms with E-state index in [9.17, 15) is 14.7 Å². The number of benzene rings is 2. The first-order valence-corrected chi connectivity index (χ1v) is 9.51. The lowest BCUT2D eigenvalue weighted by molar-refractivity contribution is -0.149. The number of primary amides is 1. The van der Waals surface area contributed by atoms with Gasteiger partial charge in [-0.15, -0.1) is 0 Å². The number of nitrogens with two attached hydrogens (primary N) is 1. The largest absolute Gasteiger partial charge is 0.480 e. The fraction of sp³-hybridized carbons (Fsp3) is 0.318. The van der Waals surface area contributed by atoms with E-state index in [1.54, 1.807) is 4.90 Å². The quantitative estimate of drug-likeness (QED) is 0.727. The average molecular weight is 398 g/mol. The number of hydrogen-bond donors (Lipinski definition) is 2. The molecule has 1 aliphatic heterocycles. The van der Waals surface area contributed by atoms with Crippen molar-refractivity contribution in [2.45, 2.75) is 44.7 Å². The number of carbonyl (C=O) groups excluding carboxylic acids is 2. The molecule has 3 rings (SSSR count). The molecule has 29 heavy (non-hydrogen) atoms. The van der Waals surface area contributed by atoms with Gasteiger partial charge in [0, 0.05) is 6.04 Å². The van der Waals surface area contributed by atoms with Gasteiger partial charge in [0.25, 0.3) is 0 Å². The second-order valence-corrected chi connectivity index (χ2v) is 6.67. The number of likely N-dealkylation sites (tertiary alicyclic amines) is 1. The minimum atomic E-state index is -0.921. The lowest BCUT2D eigenvalue weighted by Crippen LogP contribution is -2.45. The summed E-state index contributed by atoms with van der Waals surface area (Å²) in [7, 11) is 0. The van der Waals surface area contributed by atoms with Gasteiger partial charge in [-0.25, -0.2) is 4.79 Å². The van der Waals surface area contributed by atoms with Crippen LogP contribution >= 0.6 is 0 Å². The van der Waals surface area contributed by atoms with Gasteiger partial charge in [0.05, 0.1) is 6.42 Å². The normalized spacial score (nSPS) is 17.8. The first-order chi connectivity index (χ1) is 14.0. The maximum absolute atomic E-state index is 12.8. The molecule has 0 bridgehead atoms. The van der Waals surface area contributed by atoms with E-state index in [-0.39, 0.29) is 24.8 Å². The maximum atomic E-state index is 12.8. The molecule has 7 heteroatoms. The van der Waals surface area contributed by atoms with Gasteiger partial charge in [0.15, 0.2) is 0 Å². The van der Waals surface area contributed by atoms with Crippen LogP contribution in [0.3, 0.4) is 0 Å². The number of rotatable bonds is 6. The Balaban J connectivity index is 0.000000941. The number of carbonyl (C=O) groups is 3. The van der Waals surface area contributed by atoms with Crippen LogP contribution in [0.2, 0.25) is 0 Å².